The van der Waals surface area contributed by atoms with Crippen LogP contribution in [-0.4, -0.2) is 50.6 Å². The second kappa shape index (κ2) is 5.48. The summed E-state index contributed by atoms with van der Waals surface area (Å²) in [6, 6.07) is 2.32. The first-order chi connectivity index (χ1) is 10.8. The van der Waals surface area contributed by atoms with Gasteiger partial charge in [0, 0.05) is 25.2 Å². The predicted octanol–water partition coefficient (Wildman–Crippen LogP) is 1.46. The number of nitrogens with two attached hydrogens (primary N) is 1. The topological polar surface area (TPSA) is 77.0 Å². The Morgan fingerprint density at radius 1 is 1.35 bits per heavy atom. The number of alkyl halides is 3. The number of amides is 1. The highest BCUT2D eigenvalue weighted by molar-refractivity contribution is 5.97. The minimum Gasteiger partial charge on any atom is -0.326 e. The maximum absolute atomic E-state index is 13.2. The molecule has 2 atom stereocenters. The van der Waals surface area contributed by atoms with E-state index in [0.717, 1.165) is 4.90 Å². The molecule has 1 aromatic heterocycles. The summed E-state index contributed by atoms with van der Waals surface area (Å²) >= 11 is 0. The zero-order valence-electron chi connectivity index (χ0n) is 12.4. The fourth-order valence-corrected chi connectivity index (χ4v) is 2.90. The van der Waals surface area contributed by atoms with Gasteiger partial charge in [-0.1, -0.05) is 5.21 Å². The van der Waals surface area contributed by atoms with Crippen LogP contribution in [0.4, 0.5) is 13.2 Å². The second-order valence-corrected chi connectivity index (χ2v) is 5.77. The van der Waals surface area contributed by atoms with Crippen molar-refractivity contribution in [1.29, 1.82) is 0 Å². The molecule has 3 rings (SSSR count). The first kappa shape index (κ1) is 15.7. The number of hydrogen-bond acceptors (Lipinski definition) is 4. The molecule has 9 heteroatoms. The van der Waals surface area contributed by atoms with Crippen LogP contribution in [0.2, 0.25) is 0 Å². The van der Waals surface area contributed by atoms with Gasteiger partial charge >= 0.3 is 6.18 Å². The molecule has 2 N–H and O–H groups in total. The number of aromatic nitrogens is 3. The van der Waals surface area contributed by atoms with E-state index >= 15 is 0 Å². The van der Waals surface area contributed by atoms with Gasteiger partial charge in [0.2, 0.25) is 0 Å². The quantitative estimate of drug-likeness (QED) is 0.860. The molecule has 6 nitrogen and oxygen atoms in total. The SMILES string of the molecule is Cn1nnc2cc(C(=O)N3C[C@@H](N)CC[C@H]3C(F)(F)F)ccc21. The third-order valence-corrected chi connectivity index (χ3v) is 4.11. The summed E-state index contributed by atoms with van der Waals surface area (Å²) in [7, 11) is 1.69. The molecule has 1 fully saturated rings. The molecule has 0 unspecified atom stereocenters. The Kier molecular flexibility index (Phi) is 3.75. The van der Waals surface area contributed by atoms with E-state index in [0.29, 0.717) is 11.0 Å². The molecule has 1 aromatic carbocycles. The van der Waals surface area contributed by atoms with Crippen molar-refractivity contribution in [3.05, 3.63) is 23.8 Å². The van der Waals surface area contributed by atoms with E-state index in [1.54, 1.807) is 13.1 Å². The standard InChI is InChI=1S/C14H16F3N5O/c1-21-11-4-2-8(6-10(11)19-20-21)13(23)22-7-9(18)3-5-12(22)14(15,16)17/h2,4,6,9,12H,3,5,7,18H2,1H3/t9-,12-/m0/s1. The first-order valence-corrected chi connectivity index (χ1v) is 7.20. The Labute approximate surface area is 130 Å². The summed E-state index contributed by atoms with van der Waals surface area (Å²) in [5, 5.41) is 7.70. The predicted molar refractivity (Wildman–Crippen MR) is 76.6 cm³/mol. The average Bonchev–Trinajstić information content (AvgIpc) is 2.86. The normalized spacial score (nSPS) is 22.6. The molecular formula is C14H16F3N5O. The van der Waals surface area contributed by atoms with E-state index in [4.69, 9.17) is 5.73 Å². The number of nitrogens with zero attached hydrogens (tertiary/aromatic N) is 4. The highest BCUT2D eigenvalue weighted by atomic mass is 19.4. The number of benzene rings is 1. The lowest BCUT2D eigenvalue weighted by molar-refractivity contribution is -0.184. The summed E-state index contributed by atoms with van der Waals surface area (Å²) in [4.78, 5) is 13.4. The van der Waals surface area contributed by atoms with Crippen LogP contribution in [0.15, 0.2) is 18.2 Å². The summed E-state index contributed by atoms with van der Waals surface area (Å²) in [5.74, 6) is -0.685. The molecule has 0 radical (unpaired) electrons. The van der Waals surface area contributed by atoms with Gasteiger partial charge in [-0.3, -0.25) is 4.79 Å². The van der Waals surface area contributed by atoms with Crippen LogP contribution >= 0.6 is 0 Å². The Hall–Kier alpha value is -2.16. The Bertz CT molecular complexity index is 742. The fraction of sp³-hybridized carbons (Fsp3) is 0.500. The number of carbonyl (C=O) groups excluding carboxylic acids is 1. The van der Waals surface area contributed by atoms with Crippen LogP contribution < -0.4 is 5.73 Å². The maximum Gasteiger partial charge on any atom is 0.408 e. The molecule has 1 aliphatic rings. The van der Waals surface area contributed by atoms with Gasteiger partial charge in [0.15, 0.2) is 0 Å². The minimum atomic E-state index is -4.47. The molecule has 1 amide bonds. The smallest absolute Gasteiger partial charge is 0.326 e. The largest absolute Gasteiger partial charge is 0.408 e. The Morgan fingerprint density at radius 3 is 2.78 bits per heavy atom. The van der Waals surface area contributed by atoms with Crippen molar-refractivity contribution in [2.24, 2.45) is 12.8 Å². The van der Waals surface area contributed by atoms with Gasteiger partial charge in [0.25, 0.3) is 5.91 Å². The molecule has 2 heterocycles. The van der Waals surface area contributed by atoms with Gasteiger partial charge in [0.1, 0.15) is 11.6 Å². The Morgan fingerprint density at radius 2 is 2.09 bits per heavy atom. The molecule has 0 aliphatic carbocycles. The number of aryl methyl sites for hydroxylation is 1. The van der Waals surface area contributed by atoms with Crippen molar-refractivity contribution >= 4 is 16.9 Å². The average molecular weight is 327 g/mol. The lowest BCUT2D eigenvalue weighted by atomic mass is 9.97. The van der Waals surface area contributed by atoms with Crippen molar-refractivity contribution in [3.8, 4) is 0 Å². The highest BCUT2D eigenvalue weighted by Gasteiger charge is 2.47. The molecule has 1 saturated heterocycles. The summed E-state index contributed by atoms with van der Waals surface area (Å²) in [6.45, 7) is -0.110. The number of carbonyl (C=O) groups is 1. The third-order valence-electron chi connectivity index (χ3n) is 4.11. The number of piperidine rings is 1. The molecule has 0 spiro atoms. The number of fused-ring (bicyclic) bond motifs is 1. The van der Waals surface area contributed by atoms with E-state index in [9.17, 15) is 18.0 Å². The zero-order chi connectivity index (χ0) is 16.8. The van der Waals surface area contributed by atoms with Crippen LogP contribution in [-0.2, 0) is 7.05 Å². The van der Waals surface area contributed by atoms with Crippen LogP contribution in [0.1, 0.15) is 23.2 Å². The van der Waals surface area contributed by atoms with E-state index in [2.05, 4.69) is 10.3 Å². The van der Waals surface area contributed by atoms with Gasteiger partial charge in [-0.05, 0) is 31.0 Å². The van der Waals surface area contributed by atoms with Gasteiger partial charge < -0.3 is 10.6 Å². The number of likely N-dealkylation sites (tertiary alicyclic amines) is 1. The number of hydrogen-bond donors (Lipinski definition) is 1. The summed E-state index contributed by atoms with van der Waals surface area (Å²) in [6.07, 6.45) is -4.40. The summed E-state index contributed by atoms with van der Waals surface area (Å²) in [5.41, 5.74) is 7.07. The van der Waals surface area contributed by atoms with Crippen LogP contribution in [0.25, 0.3) is 11.0 Å². The van der Waals surface area contributed by atoms with E-state index in [1.165, 1.54) is 16.8 Å². The lowest BCUT2D eigenvalue weighted by Crippen LogP contribution is -2.56. The van der Waals surface area contributed by atoms with Crippen molar-refractivity contribution in [3.63, 3.8) is 0 Å². The molecule has 1 aliphatic heterocycles. The van der Waals surface area contributed by atoms with Gasteiger partial charge in [-0.15, -0.1) is 5.10 Å². The number of rotatable bonds is 1. The molecule has 124 valence electrons. The zero-order valence-corrected chi connectivity index (χ0v) is 12.4. The molecule has 0 bridgehead atoms. The Balaban J connectivity index is 1.94. The highest BCUT2D eigenvalue weighted by Crippen LogP contribution is 2.32. The van der Waals surface area contributed by atoms with Gasteiger partial charge in [-0.2, -0.15) is 13.2 Å². The van der Waals surface area contributed by atoms with E-state index in [-0.39, 0.29) is 24.9 Å². The summed E-state index contributed by atoms with van der Waals surface area (Å²) < 4.78 is 41.1. The van der Waals surface area contributed by atoms with Crippen LogP contribution in [0.5, 0.6) is 0 Å². The molecular weight excluding hydrogens is 311 g/mol. The maximum atomic E-state index is 13.2. The molecule has 2 aromatic rings. The van der Waals surface area contributed by atoms with Crippen molar-refractivity contribution in [2.45, 2.75) is 31.1 Å². The van der Waals surface area contributed by atoms with Crippen molar-refractivity contribution < 1.29 is 18.0 Å². The second-order valence-electron chi connectivity index (χ2n) is 5.77. The fourth-order valence-electron chi connectivity index (χ4n) is 2.90. The number of halogens is 3. The lowest BCUT2D eigenvalue weighted by Gasteiger charge is -2.39. The molecule has 23 heavy (non-hydrogen) atoms. The van der Waals surface area contributed by atoms with E-state index < -0.39 is 24.2 Å². The van der Waals surface area contributed by atoms with Crippen LogP contribution in [0.3, 0.4) is 0 Å². The first-order valence-electron chi connectivity index (χ1n) is 7.20. The minimum absolute atomic E-state index is 0.110. The van der Waals surface area contributed by atoms with Crippen LogP contribution in [0, 0.1) is 0 Å². The van der Waals surface area contributed by atoms with Crippen molar-refractivity contribution in [1.82, 2.24) is 19.9 Å². The van der Waals surface area contributed by atoms with Gasteiger partial charge in [-0.25, -0.2) is 4.68 Å². The monoisotopic (exact) mass is 327 g/mol. The van der Waals surface area contributed by atoms with E-state index in [1.807, 2.05) is 0 Å². The van der Waals surface area contributed by atoms with Gasteiger partial charge in [0.05, 0.1) is 5.52 Å². The van der Waals surface area contributed by atoms with Crippen molar-refractivity contribution in [2.75, 3.05) is 6.54 Å². The molecule has 0 saturated carbocycles. The third kappa shape index (κ3) is 2.88.